The molecule has 2 aromatic carbocycles. The summed E-state index contributed by atoms with van der Waals surface area (Å²) >= 11 is 15.6. The summed E-state index contributed by atoms with van der Waals surface area (Å²) < 4.78 is 6.96. The summed E-state index contributed by atoms with van der Waals surface area (Å²) in [5, 5.41) is 1.32. The summed E-state index contributed by atoms with van der Waals surface area (Å²) in [4.78, 5) is 0. The van der Waals surface area contributed by atoms with Crippen LogP contribution >= 0.6 is 39.1 Å². The van der Waals surface area contributed by atoms with Gasteiger partial charge in [-0.25, -0.2) is 0 Å². The lowest BCUT2D eigenvalue weighted by Crippen LogP contribution is -2.00. The quantitative estimate of drug-likeness (QED) is 0.597. The molecule has 2 aromatic rings. The molecule has 0 radical (unpaired) electrons. The van der Waals surface area contributed by atoms with Crippen molar-refractivity contribution in [3.63, 3.8) is 0 Å². The highest BCUT2D eigenvalue weighted by Gasteiger charge is 2.10. The predicted octanol–water partition coefficient (Wildman–Crippen LogP) is 6.46. The molecule has 0 unspecified atom stereocenters. The number of benzene rings is 2. The molecule has 20 heavy (non-hydrogen) atoms. The standard InChI is InChI=1S/C16H15BrCl2O/c1-10(2)14-8-12(17)3-6-16(14)20-9-11-7-13(18)4-5-15(11)19/h3-8,10H,9H2,1-2H3. The molecule has 0 bridgehead atoms. The largest absolute Gasteiger partial charge is 0.489 e. The highest BCUT2D eigenvalue weighted by molar-refractivity contribution is 9.10. The first-order valence-electron chi connectivity index (χ1n) is 6.33. The van der Waals surface area contributed by atoms with Crippen molar-refractivity contribution in [3.05, 3.63) is 62.0 Å². The fraction of sp³-hybridized carbons (Fsp3) is 0.250. The predicted molar refractivity (Wildman–Crippen MR) is 89.0 cm³/mol. The van der Waals surface area contributed by atoms with E-state index in [1.807, 2.05) is 18.2 Å². The van der Waals surface area contributed by atoms with Crippen LogP contribution in [0.15, 0.2) is 40.9 Å². The second kappa shape index (κ2) is 6.84. The van der Waals surface area contributed by atoms with Crippen LogP contribution in [0.2, 0.25) is 10.0 Å². The summed E-state index contributed by atoms with van der Waals surface area (Å²) in [5.74, 6) is 1.26. The molecule has 0 N–H and O–H groups in total. The van der Waals surface area contributed by atoms with E-state index in [1.54, 1.807) is 12.1 Å². The smallest absolute Gasteiger partial charge is 0.123 e. The molecule has 0 atom stereocenters. The van der Waals surface area contributed by atoms with Gasteiger partial charge in [0.1, 0.15) is 12.4 Å². The second-order valence-electron chi connectivity index (χ2n) is 4.86. The molecule has 106 valence electrons. The number of rotatable bonds is 4. The molecule has 0 spiro atoms. The minimum absolute atomic E-state index is 0.386. The Bertz CT molecular complexity index is 611. The van der Waals surface area contributed by atoms with Crippen molar-refractivity contribution in [2.45, 2.75) is 26.4 Å². The Labute approximate surface area is 138 Å². The van der Waals surface area contributed by atoms with Gasteiger partial charge in [0.2, 0.25) is 0 Å². The zero-order chi connectivity index (χ0) is 14.7. The third-order valence-corrected chi connectivity index (χ3v) is 4.08. The normalized spacial score (nSPS) is 10.9. The summed E-state index contributed by atoms with van der Waals surface area (Å²) in [7, 11) is 0. The molecule has 0 fully saturated rings. The molecule has 0 aliphatic rings. The minimum Gasteiger partial charge on any atom is -0.489 e. The Morgan fingerprint density at radius 3 is 2.55 bits per heavy atom. The fourth-order valence-electron chi connectivity index (χ4n) is 1.91. The van der Waals surface area contributed by atoms with Gasteiger partial charge in [-0.3, -0.25) is 0 Å². The molecule has 2 rings (SSSR count). The van der Waals surface area contributed by atoms with E-state index in [0.717, 1.165) is 21.3 Å². The Hall–Kier alpha value is -0.700. The molecule has 0 amide bonds. The molecular formula is C16H15BrCl2O. The maximum atomic E-state index is 6.14. The zero-order valence-electron chi connectivity index (χ0n) is 11.3. The van der Waals surface area contributed by atoms with Crippen LogP contribution in [0.1, 0.15) is 30.9 Å². The van der Waals surface area contributed by atoms with E-state index in [9.17, 15) is 0 Å². The van der Waals surface area contributed by atoms with Crippen LogP contribution in [0, 0.1) is 0 Å². The van der Waals surface area contributed by atoms with E-state index in [2.05, 4.69) is 35.8 Å². The van der Waals surface area contributed by atoms with Gasteiger partial charge in [0, 0.05) is 20.1 Å². The lowest BCUT2D eigenvalue weighted by atomic mass is 10.0. The van der Waals surface area contributed by atoms with Crippen LogP contribution in [-0.4, -0.2) is 0 Å². The SMILES string of the molecule is CC(C)c1cc(Br)ccc1OCc1cc(Cl)ccc1Cl. The Morgan fingerprint density at radius 2 is 1.85 bits per heavy atom. The van der Waals surface area contributed by atoms with E-state index in [4.69, 9.17) is 27.9 Å². The Morgan fingerprint density at radius 1 is 1.10 bits per heavy atom. The maximum absolute atomic E-state index is 6.14. The van der Waals surface area contributed by atoms with E-state index in [0.29, 0.717) is 22.6 Å². The highest BCUT2D eigenvalue weighted by Crippen LogP contribution is 2.31. The van der Waals surface area contributed by atoms with Crippen LogP contribution in [0.5, 0.6) is 5.75 Å². The van der Waals surface area contributed by atoms with Crippen molar-refractivity contribution in [2.24, 2.45) is 0 Å². The van der Waals surface area contributed by atoms with Crippen molar-refractivity contribution >= 4 is 39.1 Å². The van der Waals surface area contributed by atoms with Crippen LogP contribution < -0.4 is 4.74 Å². The third-order valence-electron chi connectivity index (χ3n) is 2.98. The monoisotopic (exact) mass is 372 g/mol. The molecule has 0 saturated heterocycles. The highest BCUT2D eigenvalue weighted by atomic mass is 79.9. The molecule has 4 heteroatoms. The van der Waals surface area contributed by atoms with Gasteiger partial charge in [-0.2, -0.15) is 0 Å². The topological polar surface area (TPSA) is 9.23 Å². The molecule has 0 aliphatic heterocycles. The lowest BCUT2D eigenvalue weighted by molar-refractivity contribution is 0.302. The van der Waals surface area contributed by atoms with Gasteiger partial charge in [0.05, 0.1) is 0 Å². The molecular weight excluding hydrogens is 359 g/mol. The summed E-state index contributed by atoms with van der Waals surface area (Å²) in [6.45, 7) is 4.68. The minimum atomic E-state index is 0.386. The van der Waals surface area contributed by atoms with Crippen molar-refractivity contribution < 1.29 is 4.74 Å². The Kier molecular flexibility index (Phi) is 5.36. The third kappa shape index (κ3) is 3.91. The average molecular weight is 374 g/mol. The molecule has 0 aliphatic carbocycles. The van der Waals surface area contributed by atoms with Crippen LogP contribution in [0.25, 0.3) is 0 Å². The van der Waals surface area contributed by atoms with Gasteiger partial charge in [0.25, 0.3) is 0 Å². The van der Waals surface area contributed by atoms with E-state index in [1.165, 1.54) is 0 Å². The Balaban J connectivity index is 2.20. The van der Waals surface area contributed by atoms with Gasteiger partial charge in [-0.15, -0.1) is 0 Å². The lowest BCUT2D eigenvalue weighted by Gasteiger charge is -2.15. The second-order valence-corrected chi connectivity index (χ2v) is 6.62. The fourth-order valence-corrected chi connectivity index (χ4v) is 2.66. The number of hydrogen-bond acceptors (Lipinski definition) is 1. The van der Waals surface area contributed by atoms with Crippen LogP contribution in [0.4, 0.5) is 0 Å². The van der Waals surface area contributed by atoms with Gasteiger partial charge < -0.3 is 4.74 Å². The van der Waals surface area contributed by atoms with Crippen molar-refractivity contribution in [1.29, 1.82) is 0 Å². The number of ether oxygens (including phenoxy) is 1. The van der Waals surface area contributed by atoms with Crippen LogP contribution in [0.3, 0.4) is 0 Å². The molecule has 1 nitrogen and oxygen atoms in total. The number of hydrogen-bond donors (Lipinski definition) is 0. The first-order chi connectivity index (χ1) is 9.47. The van der Waals surface area contributed by atoms with E-state index < -0.39 is 0 Å². The number of halogens is 3. The van der Waals surface area contributed by atoms with E-state index >= 15 is 0 Å². The van der Waals surface area contributed by atoms with Crippen molar-refractivity contribution in [1.82, 2.24) is 0 Å². The molecule has 0 saturated carbocycles. The first-order valence-corrected chi connectivity index (χ1v) is 7.88. The summed E-state index contributed by atoms with van der Waals surface area (Å²) in [6.07, 6.45) is 0. The van der Waals surface area contributed by atoms with Gasteiger partial charge in [0.15, 0.2) is 0 Å². The maximum Gasteiger partial charge on any atom is 0.123 e. The van der Waals surface area contributed by atoms with Crippen LogP contribution in [-0.2, 0) is 6.61 Å². The van der Waals surface area contributed by atoms with E-state index in [-0.39, 0.29) is 0 Å². The van der Waals surface area contributed by atoms with Crippen molar-refractivity contribution in [2.75, 3.05) is 0 Å². The first kappa shape index (κ1) is 15.7. The molecule has 0 heterocycles. The molecule has 0 aromatic heterocycles. The van der Waals surface area contributed by atoms with Gasteiger partial charge >= 0.3 is 0 Å². The van der Waals surface area contributed by atoms with Gasteiger partial charge in [-0.05, 0) is 47.9 Å². The van der Waals surface area contributed by atoms with Crippen molar-refractivity contribution in [3.8, 4) is 5.75 Å². The summed E-state index contributed by atoms with van der Waals surface area (Å²) in [5.41, 5.74) is 2.05. The summed E-state index contributed by atoms with van der Waals surface area (Å²) in [6, 6.07) is 11.4. The zero-order valence-corrected chi connectivity index (χ0v) is 14.4. The average Bonchev–Trinajstić information content (AvgIpc) is 2.40. The van der Waals surface area contributed by atoms with Gasteiger partial charge in [-0.1, -0.05) is 53.0 Å².